The Morgan fingerprint density at radius 1 is 1.47 bits per heavy atom. The molecule has 15 heavy (non-hydrogen) atoms. The van der Waals surface area contributed by atoms with Crippen molar-refractivity contribution in [2.75, 3.05) is 18.0 Å². The predicted molar refractivity (Wildman–Crippen MR) is 56.2 cm³/mol. The molecule has 0 bridgehead atoms. The van der Waals surface area contributed by atoms with Crippen LogP contribution in [0, 0.1) is 0 Å². The molecule has 6 nitrogen and oxygen atoms in total. The summed E-state index contributed by atoms with van der Waals surface area (Å²) in [5.74, 6) is 0.550. The third-order valence-electron chi connectivity index (χ3n) is 2.05. The number of rotatable bonds is 3. The fraction of sp³-hybridized carbons (Fsp3) is 0.375. The third-order valence-corrected chi connectivity index (χ3v) is 2.91. The minimum absolute atomic E-state index is 0.134. The van der Waals surface area contributed by atoms with Gasteiger partial charge in [0.25, 0.3) is 5.24 Å². The van der Waals surface area contributed by atoms with Gasteiger partial charge in [-0.2, -0.15) is 5.10 Å². The van der Waals surface area contributed by atoms with E-state index in [2.05, 4.69) is 5.10 Å². The van der Waals surface area contributed by atoms with Gasteiger partial charge in [0.2, 0.25) is 5.91 Å². The molecule has 1 aliphatic rings. The molecule has 2 heterocycles. The minimum Gasteiger partial charge on any atom is -0.382 e. The van der Waals surface area contributed by atoms with Gasteiger partial charge >= 0.3 is 0 Å². The van der Waals surface area contributed by atoms with Crippen LogP contribution in [-0.4, -0.2) is 38.1 Å². The molecule has 1 saturated heterocycles. The highest BCUT2D eigenvalue weighted by Crippen LogP contribution is 2.18. The molecule has 1 fully saturated rings. The van der Waals surface area contributed by atoms with Crippen LogP contribution in [0.2, 0.25) is 0 Å². The molecule has 0 aromatic carbocycles. The van der Waals surface area contributed by atoms with Gasteiger partial charge < -0.3 is 5.73 Å². The lowest BCUT2D eigenvalue weighted by Gasteiger charge is -2.11. The molecule has 1 aromatic rings. The summed E-state index contributed by atoms with van der Waals surface area (Å²) in [6.07, 6.45) is 1.72. The first-order valence-electron chi connectivity index (χ1n) is 4.43. The number of carbonyl (C=O) groups excluding carboxylic acids is 2. The maximum absolute atomic E-state index is 11.2. The summed E-state index contributed by atoms with van der Waals surface area (Å²) in [7, 11) is 0. The Morgan fingerprint density at radius 2 is 2.27 bits per heavy atom. The van der Waals surface area contributed by atoms with E-state index in [4.69, 9.17) is 5.73 Å². The van der Waals surface area contributed by atoms with Gasteiger partial charge in [-0.15, -0.1) is 0 Å². The molecule has 0 radical (unpaired) electrons. The monoisotopic (exact) mass is 226 g/mol. The molecular weight excluding hydrogens is 216 g/mol. The summed E-state index contributed by atoms with van der Waals surface area (Å²) in [5.41, 5.74) is 5.43. The van der Waals surface area contributed by atoms with E-state index >= 15 is 0 Å². The van der Waals surface area contributed by atoms with Gasteiger partial charge in [0, 0.05) is 12.7 Å². The fourth-order valence-corrected chi connectivity index (χ4v) is 2.05. The Hall–Kier alpha value is -1.50. The molecule has 0 aliphatic carbocycles. The van der Waals surface area contributed by atoms with Crippen molar-refractivity contribution in [1.82, 2.24) is 14.7 Å². The molecule has 7 heteroatoms. The predicted octanol–water partition coefficient (Wildman–Crippen LogP) is 0.161. The van der Waals surface area contributed by atoms with Crippen molar-refractivity contribution in [3.8, 4) is 0 Å². The Kier molecular flexibility index (Phi) is 2.63. The van der Waals surface area contributed by atoms with Gasteiger partial charge in [0.05, 0.1) is 12.3 Å². The largest absolute Gasteiger partial charge is 0.382 e. The number of carbonyl (C=O) groups is 2. The molecule has 2 N–H and O–H groups in total. The number of thioether (sulfide) groups is 1. The first-order valence-corrected chi connectivity index (χ1v) is 5.41. The van der Waals surface area contributed by atoms with Crippen molar-refractivity contribution >= 4 is 28.7 Å². The van der Waals surface area contributed by atoms with E-state index in [9.17, 15) is 9.59 Å². The molecule has 2 rings (SSSR count). The zero-order chi connectivity index (χ0) is 10.8. The normalized spacial score (nSPS) is 16.4. The van der Waals surface area contributed by atoms with E-state index in [0.29, 0.717) is 18.9 Å². The van der Waals surface area contributed by atoms with Crippen LogP contribution in [0.4, 0.5) is 10.6 Å². The van der Waals surface area contributed by atoms with Crippen molar-refractivity contribution in [2.24, 2.45) is 0 Å². The Balaban J connectivity index is 1.93. The van der Waals surface area contributed by atoms with Crippen molar-refractivity contribution < 1.29 is 9.59 Å². The van der Waals surface area contributed by atoms with E-state index in [-0.39, 0.29) is 16.9 Å². The summed E-state index contributed by atoms with van der Waals surface area (Å²) in [6, 6.07) is 1.67. The van der Waals surface area contributed by atoms with Crippen LogP contribution in [0.3, 0.4) is 0 Å². The van der Waals surface area contributed by atoms with Gasteiger partial charge in [0.15, 0.2) is 0 Å². The SMILES string of the molecule is Nc1ccn(CCN2C(=O)CSC2=O)n1. The summed E-state index contributed by atoms with van der Waals surface area (Å²) in [6.45, 7) is 0.834. The third kappa shape index (κ3) is 2.12. The summed E-state index contributed by atoms with van der Waals surface area (Å²) < 4.78 is 1.61. The van der Waals surface area contributed by atoms with E-state index in [1.165, 1.54) is 4.90 Å². The van der Waals surface area contributed by atoms with Crippen LogP contribution in [0.15, 0.2) is 12.3 Å². The Bertz CT molecular complexity index is 387. The van der Waals surface area contributed by atoms with Crippen LogP contribution >= 0.6 is 11.8 Å². The van der Waals surface area contributed by atoms with Gasteiger partial charge in [-0.05, 0) is 6.07 Å². The first-order chi connectivity index (χ1) is 7.16. The van der Waals surface area contributed by atoms with Crippen LogP contribution < -0.4 is 5.73 Å². The summed E-state index contributed by atoms with van der Waals surface area (Å²) in [5, 5.41) is 3.78. The second-order valence-corrected chi connectivity index (χ2v) is 4.03. The van der Waals surface area contributed by atoms with E-state index in [0.717, 1.165) is 11.8 Å². The molecule has 0 saturated carbocycles. The van der Waals surface area contributed by atoms with Gasteiger partial charge in [-0.25, -0.2) is 0 Å². The molecule has 80 valence electrons. The van der Waals surface area contributed by atoms with Crippen LogP contribution in [0.25, 0.3) is 0 Å². The number of hydrogen-bond acceptors (Lipinski definition) is 5. The molecule has 2 amide bonds. The molecule has 0 atom stereocenters. The minimum atomic E-state index is -0.180. The number of nitrogen functional groups attached to an aromatic ring is 1. The first kappa shape index (κ1) is 10.0. The van der Waals surface area contributed by atoms with Crippen LogP contribution in [-0.2, 0) is 11.3 Å². The average Bonchev–Trinajstić information content (AvgIpc) is 2.73. The van der Waals surface area contributed by atoms with Crippen molar-refractivity contribution in [2.45, 2.75) is 6.54 Å². The molecule has 1 aromatic heterocycles. The molecule has 0 spiro atoms. The van der Waals surface area contributed by atoms with Crippen molar-refractivity contribution in [3.05, 3.63) is 12.3 Å². The van der Waals surface area contributed by atoms with E-state index in [1.807, 2.05) is 0 Å². The second-order valence-electron chi connectivity index (χ2n) is 3.10. The smallest absolute Gasteiger partial charge is 0.288 e. The molecule has 0 unspecified atom stereocenters. The topological polar surface area (TPSA) is 81.2 Å². The highest BCUT2D eigenvalue weighted by molar-refractivity contribution is 8.14. The van der Waals surface area contributed by atoms with Gasteiger partial charge in [0.1, 0.15) is 5.82 Å². The highest BCUT2D eigenvalue weighted by Gasteiger charge is 2.29. The number of nitrogens with two attached hydrogens (primary N) is 1. The maximum Gasteiger partial charge on any atom is 0.288 e. The fourth-order valence-electron chi connectivity index (χ4n) is 1.30. The molecule has 1 aliphatic heterocycles. The lowest BCUT2D eigenvalue weighted by atomic mass is 10.5. The van der Waals surface area contributed by atoms with Crippen molar-refractivity contribution in [1.29, 1.82) is 0 Å². The van der Waals surface area contributed by atoms with Gasteiger partial charge in [-0.3, -0.25) is 19.2 Å². The number of aromatic nitrogens is 2. The molecular formula is C8H10N4O2S. The van der Waals surface area contributed by atoms with Gasteiger partial charge in [-0.1, -0.05) is 11.8 Å². The lowest BCUT2D eigenvalue weighted by Crippen LogP contribution is -2.31. The zero-order valence-electron chi connectivity index (χ0n) is 7.92. The number of anilines is 1. The number of nitrogens with zero attached hydrogens (tertiary/aromatic N) is 3. The van der Waals surface area contributed by atoms with Crippen LogP contribution in [0.5, 0.6) is 0 Å². The van der Waals surface area contributed by atoms with E-state index < -0.39 is 0 Å². The number of hydrogen-bond donors (Lipinski definition) is 1. The summed E-state index contributed by atoms with van der Waals surface area (Å²) >= 11 is 1.04. The standard InChI is InChI=1S/C8H10N4O2S/c9-6-1-2-11(10-6)3-4-12-7(13)5-15-8(12)14/h1-2H,3-5H2,(H2,9,10). The van der Waals surface area contributed by atoms with Crippen molar-refractivity contribution in [3.63, 3.8) is 0 Å². The number of amides is 2. The maximum atomic E-state index is 11.2. The van der Waals surface area contributed by atoms with Crippen LogP contribution in [0.1, 0.15) is 0 Å². The number of imide groups is 1. The second kappa shape index (κ2) is 3.93. The Labute approximate surface area is 90.4 Å². The summed E-state index contributed by atoms with van der Waals surface area (Å²) in [4.78, 5) is 23.7. The lowest BCUT2D eigenvalue weighted by molar-refractivity contribution is -0.124. The zero-order valence-corrected chi connectivity index (χ0v) is 8.74. The van der Waals surface area contributed by atoms with E-state index in [1.54, 1.807) is 16.9 Å². The average molecular weight is 226 g/mol. The highest BCUT2D eigenvalue weighted by atomic mass is 32.2. The quantitative estimate of drug-likeness (QED) is 0.794. The Morgan fingerprint density at radius 3 is 2.80 bits per heavy atom.